The molecule has 100 valence electrons. The normalized spacial score (nSPS) is 16.1. The van der Waals surface area contributed by atoms with Crippen LogP contribution in [0.5, 0.6) is 0 Å². The highest BCUT2D eigenvalue weighted by Gasteiger charge is 2.21. The molecule has 1 aromatic heterocycles. The first kappa shape index (κ1) is 12.9. The van der Waals surface area contributed by atoms with Gasteiger partial charge in [-0.25, -0.2) is 0 Å². The Labute approximate surface area is 108 Å². The average Bonchev–Trinajstić information content (AvgIpc) is 2.96. The lowest BCUT2D eigenvalue weighted by atomic mass is 10.1. The van der Waals surface area contributed by atoms with E-state index in [0.717, 1.165) is 12.2 Å². The lowest BCUT2D eigenvalue weighted by molar-refractivity contribution is 0.0937. The summed E-state index contributed by atoms with van der Waals surface area (Å²) in [6.07, 6.45) is 5.02. The van der Waals surface area contributed by atoms with Crippen LogP contribution in [0.2, 0.25) is 0 Å². The molecular formula is C13H22N4O. The molecule has 0 unspecified atom stereocenters. The lowest BCUT2D eigenvalue weighted by Gasteiger charge is -2.11. The quantitative estimate of drug-likeness (QED) is 0.854. The number of nitrogen functional groups attached to an aromatic ring is 1. The van der Waals surface area contributed by atoms with Crippen molar-refractivity contribution in [1.82, 2.24) is 15.1 Å². The minimum absolute atomic E-state index is 0.0955. The van der Waals surface area contributed by atoms with E-state index in [1.165, 1.54) is 25.7 Å². The van der Waals surface area contributed by atoms with E-state index in [2.05, 4.69) is 10.4 Å². The highest BCUT2D eigenvalue weighted by Crippen LogP contribution is 2.24. The summed E-state index contributed by atoms with van der Waals surface area (Å²) in [5, 5.41) is 7.25. The summed E-state index contributed by atoms with van der Waals surface area (Å²) in [6, 6.07) is 0. The average molecular weight is 250 g/mol. The van der Waals surface area contributed by atoms with Gasteiger partial charge in [-0.1, -0.05) is 12.8 Å². The molecule has 1 fully saturated rings. The van der Waals surface area contributed by atoms with Crippen LogP contribution in [0.4, 0.5) is 5.69 Å². The fourth-order valence-corrected chi connectivity index (χ4v) is 2.60. The van der Waals surface area contributed by atoms with Crippen molar-refractivity contribution < 1.29 is 4.79 Å². The highest BCUT2D eigenvalue weighted by atomic mass is 16.2. The van der Waals surface area contributed by atoms with Crippen molar-refractivity contribution in [3.63, 3.8) is 0 Å². The number of nitrogens with zero attached hydrogens (tertiary/aromatic N) is 2. The number of aromatic nitrogens is 2. The van der Waals surface area contributed by atoms with Crippen LogP contribution in [-0.2, 0) is 6.54 Å². The Bertz CT molecular complexity index is 432. The molecule has 0 atom stereocenters. The molecule has 1 aliphatic rings. The number of aryl methyl sites for hydroxylation is 2. The Morgan fingerprint density at radius 2 is 2.17 bits per heavy atom. The van der Waals surface area contributed by atoms with Crippen LogP contribution in [0, 0.1) is 12.8 Å². The molecule has 1 aromatic rings. The molecule has 1 aliphatic carbocycles. The lowest BCUT2D eigenvalue weighted by Crippen LogP contribution is -2.30. The Balaban J connectivity index is 2.03. The second kappa shape index (κ2) is 5.42. The van der Waals surface area contributed by atoms with E-state index in [4.69, 9.17) is 5.73 Å². The molecule has 1 saturated carbocycles. The van der Waals surface area contributed by atoms with Crippen LogP contribution in [0.3, 0.4) is 0 Å². The van der Waals surface area contributed by atoms with Crippen LogP contribution < -0.4 is 11.1 Å². The summed E-state index contributed by atoms with van der Waals surface area (Å²) in [5.41, 5.74) is 7.65. The van der Waals surface area contributed by atoms with Gasteiger partial charge in [0.05, 0.1) is 11.4 Å². The second-order valence-electron chi connectivity index (χ2n) is 5.02. The van der Waals surface area contributed by atoms with E-state index < -0.39 is 0 Å². The number of amides is 1. The molecule has 0 spiro atoms. The standard InChI is InChI=1S/C13H22N4O/c1-3-17-12(11(14)9(2)16-17)13(18)15-8-10-6-4-5-7-10/h10H,3-8,14H2,1-2H3,(H,15,18). The number of carbonyl (C=O) groups excluding carboxylic acids is 1. The van der Waals surface area contributed by atoms with Crippen molar-refractivity contribution >= 4 is 11.6 Å². The van der Waals surface area contributed by atoms with Crippen molar-refractivity contribution in [1.29, 1.82) is 0 Å². The zero-order valence-corrected chi connectivity index (χ0v) is 11.2. The van der Waals surface area contributed by atoms with Gasteiger partial charge >= 0.3 is 0 Å². The first-order valence-electron chi connectivity index (χ1n) is 6.74. The fourth-order valence-electron chi connectivity index (χ4n) is 2.60. The molecule has 1 amide bonds. The molecule has 5 heteroatoms. The largest absolute Gasteiger partial charge is 0.395 e. The zero-order valence-electron chi connectivity index (χ0n) is 11.2. The number of rotatable bonds is 4. The van der Waals surface area contributed by atoms with Gasteiger partial charge in [-0.15, -0.1) is 0 Å². The fraction of sp³-hybridized carbons (Fsp3) is 0.692. The Kier molecular flexibility index (Phi) is 3.89. The topological polar surface area (TPSA) is 72.9 Å². The van der Waals surface area contributed by atoms with Gasteiger partial charge in [0.15, 0.2) is 0 Å². The van der Waals surface area contributed by atoms with Gasteiger partial charge in [-0.2, -0.15) is 5.10 Å². The second-order valence-corrected chi connectivity index (χ2v) is 5.02. The van der Waals surface area contributed by atoms with E-state index in [9.17, 15) is 4.79 Å². The molecule has 18 heavy (non-hydrogen) atoms. The minimum Gasteiger partial charge on any atom is -0.395 e. The smallest absolute Gasteiger partial charge is 0.271 e. The summed E-state index contributed by atoms with van der Waals surface area (Å²) in [6.45, 7) is 5.20. The third-order valence-electron chi connectivity index (χ3n) is 3.71. The van der Waals surface area contributed by atoms with Crippen LogP contribution >= 0.6 is 0 Å². The molecule has 0 radical (unpaired) electrons. The number of anilines is 1. The van der Waals surface area contributed by atoms with Gasteiger partial charge in [-0.3, -0.25) is 9.48 Å². The Morgan fingerprint density at radius 1 is 1.50 bits per heavy atom. The maximum atomic E-state index is 12.2. The monoisotopic (exact) mass is 250 g/mol. The van der Waals surface area contributed by atoms with Crippen molar-refractivity contribution in [2.45, 2.75) is 46.1 Å². The van der Waals surface area contributed by atoms with Crippen molar-refractivity contribution in [3.8, 4) is 0 Å². The Morgan fingerprint density at radius 3 is 2.78 bits per heavy atom. The summed E-state index contributed by atoms with van der Waals surface area (Å²) in [4.78, 5) is 12.2. The number of hydrogen-bond acceptors (Lipinski definition) is 3. The number of nitrogens with two attached hydrogens (primary N) is 1. The van der Waals surface area contributed by atoms with E-state index in [1.54, 1.807) is 4.68 Å². The highest BCUT2D eigenvalue weighted by molar-refractivity contribution is 5.97. The van der Waals surface area contributed by atoms with Crippen LogP contribution in [0.1, 0.15) is 48.8 Å². The Hall–Kier alpha value is -1.52. The van der Waals surface area contributed by atoms with E-state index in [1.807, 2.05) is 13.8 Å². The minimum atomic E-state index is -0.0955. The van der Waals surface area contributed by atoms with Crippen LogP contribution in [-0.4, -0.2) is 22.2 Å². The number of nitrogens with one attached hydrogen (secondary N) is 1. The summed E-state index contributed by atoms with van der Waals surface area (Å²) in [5.74, 6) is 0.538. The number of carbonyl (C=O) groups is 1. The van der Waals surface area contributed by atoms with E-state index >= 15 is 0 Å². The molecule has 1 heterocycles. The van der Waals surface area contributed by atoms with Crippen molar-refractivity contribution in [2.24, 2.45) is 5.92 Å². The molecule has 0 aromatic carbocycles. The van der Waals surface area contributed by atoms with Crippen LogP contribution in [0.25, 0.3) is 0 Å². The maximum Gasteiger partial charge on any atom is 0.271 e. The predicted molar refractivity (Wildman–Crippen MR) is 71.3 cm³/mol. The van der Waals surface area contributed by atoms with E-state index in [0.29, 0.717) is 23.8 Å². The first-order chi connectivity index (χ1) is 8.63. The predicted octanol–water partition coefficient (Wildman–Crippen LogP) is 1.71. The molecule has 2 rings (SSSR count). The van der Waals surface area contributed by atoms with Gasteiger partial charge in [-0.05, 0) is 32.6 Å². The van der Waals surface area contributed by atoms with Gasteiger partial charge in [0.2, 0.25) is 0 Å². The van der Waals surface area contributed by atoms with Crippen molar-refractivity contribution in [3.05, 3.63) is 11.4 Å². The zero-order chi connectivity index (χ0) is 13.1. The van der Waals surface area contributed by atoms with Gasteiger partial charge in [0, 0.05) is 13.1 Å². The van der Waals surface area contributed by atoms with E-state index in [-0.39, 0.29) is 5.91 Å². The van der Waals surface area contributed by atoms with Crippen molar-refractivity contribution in [2.75, 3.05) is 12.3 Å². The molecule has 0 bridgehead atoms. The van der Waals surface area contributed by atoms with Gasteiger partial charge in [0.1, 0.15) is 5.69 Å². The summed E-state index contributed by atoms with van der Waals surface area (Å²) >= 11 is 0. The third-order valence-corrected chi connectivity index (χ3v) is 3.71. The molecule has 0 aliphatic heterocycles. The molecule has 0 saturated heterocycles. The number of hydrogen-bond donors (Lipinski definition) is 2. The van der Waals surface area contributed by atoms with Gasteiger partial charge < -0.3 is 11.1 Å². The van der Waals surface area contributed by atoms with Crippen LogP contribution in [0.15, 0.2) is 0 Å². The molecule has 5 nitrogen and oxygen atoms in total. The van der Waals surface area contributed by atoms with Gasteiger partial charge in [0.25, 0.3) is 5.91 Å². The SMILES string of the molecule is CCn1nc(C)c(N)c1C(=O)NCC1CCCC1. The summed E-state index contributed by atoms with van der Waals surface area (Å²) < 4.78 is 1.68. The maximum absolute atomic E-state index is 12.2. The summed E-state index contributed by atoms with van der Waals surface area (Å²) in [7, 11) is 0. The molecular weight excluding hydrogens is 228 g/mol. The molecule has 3 N–H and O–H groups in total. The third kappa shape index (κ3) is 2.49. The first-order valence-corrected chi connectivity index (χ1v) is 6.74.